The summed E-state index contributed by atoms with van der Waals surface area (Å²) in [5, 5.41) is 10.6. The highest BCUT2D eigenvalue weighted by atomic mass is 35.5. The van der Waals surface area contributed by atoms with Crippen molar-refractivity contribution in [1.29, 1.82) is 0 Å². The first-order chi connectivity index (χ1) is 14.7. The molecule has 30 heavy (non-hydrogen) atoms. The van der Waals surface area contributed by atoms with E-state index in [1.807, 2.05) is 77.5 Å². The van der Waals surface area contributed by atoms with Gasteiger partial charge in [0.1, 0.15) is 5.75 Å². The number of rotatable bonds is 5. The van der Waals surface area contributed by atoms with Crippen LogP contribution in [-0.4, -0.2) is 27.0 Å². The molecule has 7 heteroatoms. The number of halogens is 1. The van der Waals surface area contributed by atoms with Crippen LogP contribution in [0.15, 0.2) is 77.3 Å². The molecule has 0 unspecified atom stereocenters. The van der Waals surface area contributed by atoms with Crippen molar-refractivity contribution in [3.05, 3.63) is 83.4 Å². The van der Waals surface area contributed by atoms with Gasteiger partial charge < -0.3 is 9.26 Å². The first kappa shape index (κ1) is 18.4. The minimum atomic E-state index is 0.374. The molecular formula is C23H17ClN4O2. The normalized spacial score (nSPS) is 11.1. The molecule has 0 saturated carbocycles. The largest absolute Gasteiger partial charge is 0.497 e. The van der Waals surface area contributed by atoms with Crippen LogP contribution in [0.1, 0.15) is 5.56 Å². The monoisotopic (exact) mass is 416 g/mol. The number of aromatic nitrogens is 4. The van der Waals surface area contributed by atoms with Crippen molar-refractivity contribution in [3.63, 3.8) is 0 Å². The lowest BCUT2D eigenvalue weighted by molar-refractivity contribution is 0.414. The molecule has 5 aromatic rings. The van der Waals surface area contributed by atoms with Crippen LogP contribution in [0.5, 0.6) is 5.75 Å². The number of para-hydroxylation sites is 1. The van der Waals surface area contributed by atoms with Crippen LogP contribution < -0.4 is 4.74 Å². The smallest absolute Gasteiger partial charge is 0.279 e. The van der Waals surface area contributed by atoms with E-state index >= 15 is 0 Å². The highest BCUT2D eigenvalue weighted by Gasteiger charge is 2.19. The van der Waals surface area contributed by atoms with Gasteiger partial charge in [-0.3, -0.25) is 4.68 Å². The maximum Gasteiger partial charge on any atom is 0.279 e. The van der Waals surface area contributed by atoms with E-state index < -0.39 is 0 Å². The summed E-state index contributed by atoms with van der Waals surface area (Å²) in [5.41, 5.74) is 3.56. The standard InChI is InChI=1S/C23H17ClN4O2/c1-29-18-6-4-5-16(13-18)22-25-23(30-27-22)21-19-7-2-3-8-20(19)28(26-21)14-15-9-11-17(24)12-10-15/h2-13H,14H2,1H3. The maximum absolute atomic E-state index is 6.01. The van der Waals surface area contributed by atoms with E-state index in [1.54, 1.807) is 7.11 Å². The molecule has 0 N–H and O–H groups in total. The molecule has 0 aliphatic heterocycles. The Hall–Kier alpha value is -3.64. The van der Waals surface area contributed by atoms with Crippen LogP contribution in [0, 0.1) is 0 Å². The van der Waals surface area contributed by atoms with Crippen molar-refractivity contribution in [3.8, 4) is 28.7 Å². The molecule has 0 radical (unpaired) electrons. The van der Waals surface area contributed by atoms with E-state index in [2.05, 4.69) is 10.1 Å². The molecule has 0 fully saturated rings. The lowest BCUT2D eigenvalue weighted by Gasteiger charge is -2.03. The van der Waals surface area contributed by atoms with Gasteiger partial charge in [-0.2, -0.15) is 10.1 Å². The third-order valence-corrected chi connectivity index (χ3v) is 5.11. The van der Waals surface area contributed by atoms with Gasteiger partial charge in [-0.1, -0.05) is 59.2 Å². The summed E-state index contributed by atoms with van der Waals surface area (Å²) in [4.78, 5) is 4.58. The zero-order chi connectivity index (χ0) is 20.5. The summed E-state index contributed by atoms with van der Waals surface area (Å²) < 4.78 is 12.8. The predicted octanol–water partition coefficient (Wildman–Crippen LogP) is 5.46. The van der Waals surface area contributed by atoms with E-state index in [1.165, 1.54) is 0 Å². The fourth-order valence-corrected chi connectivity index (χ4v) is 3.49. The molecule has 0 atom stereocenters. The third-order valence-electron chi connectivity index (χ3n) is 4.86. The number of methoxy groups -OCH3 is 1. The van der Waals surface area contributed by atoms with Crippen molar-refractivity contribution in [2.24, 2.45) is 0 Å². The highest BCUT2D eigenvalue weighted by molar-refractivity contribution is 6.30. The van der Waals surface area contributed by atoms with E-state index in [-0.39, 0.29) is 0 Å². The second kappa shape index (κ2) is 7.65. The van der Waals surface area contributed by atoms with E-state index in [9.17, 15) is 0 Å². The summed E-state index contributed by atoms with van der Waals surface area (Å²) in [5.74, 6) is 1.59. The van der Waals surface area contributed by atoms with Crippen LogP contribution in [0.3, 0.4) is 0 Å². The summed E-state index contributed by atoms with van der Waals surface area (Å²) in [6.45, 7) is 0.606. The Morgan fingerprint density at radius 3 is 2.67 bits per heavy atom. The third kappa shape index (κ3) is 3.42. The Bertz CT molecular complexity index is 1320. The van der Waals surface area contributed by atoms with Gasteiger partial charge in [-0.05, 0) is 35.9 Å². The minimum Gasteiger partial charge on any atom is -0.497 e. The first-order valence-corrected chi connectivity index (χ1v) is 9.77. The van der Waals surface area contributed by atoms with Crippen LogP contribution in [-0.2, 0) is 6.54 Å². The highest BCUT2D eigenvalue weighted by Crippen LogP contribution is 2.29. The molecule has 0 saturated heterocycles. The lowest BCUT2D eigenvalue weighted by Crippen LogP contribution is -2.01. The van der Waals surface area contributed by atoms with E-state index in [4.69, 9.17) is 26.0 Å². The molecule has 148 valence electrons. The van der Waals surface area contributed by atoms with Crippen LogP contribution in [0.2, 0.25) is 5.02 Å². The number of benzene rings is 3. The average Bonchev–Trinajstić information content (AvgIpc) is 3.41. The number of hydrogen-bond donors (Lipinski definition) is 0. The van der Waals surface area contributed by atoms with Gasteiger partial charge in [-0.25, -0.2) is 0 Å². The zero-order valence-corrected chi connectivity index (χ0v) is 16.9. The van der Waals surface area contributed by atoms with Gasteiger partial charge >= 0.3 is 0 Å². The Kier molecular flexibility index (Phi) is 4.69. The van der Waals surface area contributed by atoms with Crippen molar-refractivity contribution in [2.75, 3.05) is 7.11 Å². The second-order valence-electron chi connectivity index (χ2n) is 6.80. The summed E-state index contributed by atoms with van der Waals surface area (Å²) in [7, 11) is 1.63. The molecule has 0 aliphatic rings. The summed E-state index contributed by atoms with van der Waals surface area (Å²) in [6.07, 6.45) is 0. The molecule has 6 nitrogen and oxygen atoms in total. The van der Waals surface area contributed by atoms with E-state index in [0.29, 0.717) is 29.0 Å². The van der Waals surface area contributed by atoms with Gasteiger partial charge in [0.15, 0.2) is 5.69 Å². The number of ether oxygens (including phenoxy) is 1. The Labute approximate surface area is 177 Å². The quantitative estimate of drug-likeness (QED) is 0.380. The van der Waals surface area contributed by atoms with Crippen LogP contribution in [0.4, 0.5) is 0 Å². The van der Waals surface area contributed by atoms with Crippen molar-refractivity contribution < 1.29 is 9.26 Å². The molecule has 0 aliphatic carbocycles. The number of hydrogen-bond acceptors (Lipinski definition) is 5. The van der Waals surface area contributed by atoms with Crippen LogP contribution in [0.25, 0.3) is 33.9 Å². The fraction of sp³-hybridized carbons (Fsp3) is 0.0870. The molecule has 5 rings (SSSR count). The van der Waals surface area contributed by atoms with Crippen molar-refractivity contribution in [2.45, 2.75) is 6.54 Å². The lowest BCUT2D eigenvalue weighted by atomic mass is 10.2. The van der Waals surface area contributed by atoms with Crippen LogP contribution >= 0.6 is 11.6 Å². The molecule has 3 aromatic carbocycles. The Balaban J connectivity index is 1.55. The minimum absolute atomic E-state index is 0.374. The summed E-state index contributed by atoms with van der Waals surface area (Å²) >= 11 is 6.01. The molecule has 0 amide bonds. The van der Waals surface area contributed by atoms with Crippen molar-refractivity contribution in [1.82, 2.24) is 19.9 Å². The molecule has 2 aromatic heterocycles. The molecular weight excluding hydrogens is 400 g/mol. The maximum atomic E-state index is 6.01. The fourth-order valence-electron chi connectivity index (χ4n) is 3.37. The Morgan fingerprint density at radius 2 is 1.83 bits per heavy atom. The topological polar surface area (TPSA) is 66.0 Å². The van der Waals surface area contributed by atoms with Gasteiger partial charge in [0.05, 0.1) is 19.2 Å². The Morgan fingerprint density at radius 1 is 1.00 bits per heavy atom. The van der Waals surface area contributed by atoms with Gasteiger partial charge in [-0.15, -0.1) is 0 Å². The average molecular weight is 417 g/mol. The SMILES string of the molecule is COc1cccc(-c2noc(-c3nn(Cc4ccc(Cl)cc4)c4ccccc34)n2)c1. The molecule has 0 spiro atoms. The molecule has 0 bridgehead atoms. The number of fused-ring (bicyclic) bond motifs is 1. The van der Waals surface area contributed by atoms with E-state index in [0.717, 1.165) is 27.8 Å². The number of nitrogens with zero attached hydrogens (tertiary/aromatic N) is 4. The second-order valence-corrected chi connectivity index (χ2v) is 7.24. The first-order valence-electron chi connectivity index (χ1n) is 9.40. The van der Waals surface area contributed by atoms with Gasteiger partial charge in [0.25, 0.3) is 5.89 Å². The van der Waals surface area contributed by atoms with Gasteiger partial charge in [0.2, 0.25) is 5.82 Å². The molecule has 2 heterocycles. The zero-order valence-electron chi connectivity index (χ0n) is 16.1. The summed E-state index contributed by atoms with van der Waals surface area (Å²) in [6, 6.07) is 23.3. The van der Waals surface area contributed by atoms with Gasteiger partial charge in [0, 0.05) is 16.0 Å². The van der Waals surface area contributed by atoms with Crippen molar-refractivity contribution >= 4 is 22.5 Å². The predicted molar refractivity (Wildman–Crippen MR) is 116 cm³/mol.